The zero-order valence-corrected chi connectivity index (χ0v) is 9.68. The summed E-state index contributed by atoms with van der Waals surface area (Å²) >= 11 is 0. The second-order valence-corrected chi connectivity index (χ2v) is 4.03. The van der Waals surface area contributed by atoms with Crippen LogP contribution in [0.2, 0.25) is 0 Å². The van der Waals surface area contributed by atoms with E-state index in [2.05, 4.69) is 0 Å². The zero-order valence-electron chi connectivity index (χ0n) is 9.68. The standard InChI is InChI=1S/C9H18O10/c10-1-3(12)5(14)6(15)8(17)9(18,19)7(16)4(13)2-11/h2-8,10,12-19H,1H2. The highest BCUT2D eigenvalue weighted by molar-refractivity contribution is 5.56. The molecule has 19 heavy (non-hydrogen) atoms. The van der Waals surface area contributed by atoms with E-state index in [4.69, 9.17) is 15.3 Å². The van der Waals surface area contributed by atoms with Gasteiger partial charge in [-0.1, -0.05) is 0 Å². The van der Waals surface area contributed by atoms with Crippen LogP contribution < -0.4 is 0 Å². The molecule has 114 valence electrons. The van der Waals surface area contributed by atoms with E-state index >= 15 is 0 Å². The largest absolute Gasteiger partial charge is 0.394 e. The Kier molecular flexibility index (Phi) is 6.93. The zero-order chi connectivity index (χ0) is 15.4. The van der Waals surface area contributed by atoms with Gasteiger partial charge < -0.3 is 50.8 Å². The molecule has 0 bridgehead atoms. The van der Waals surface area contributed by atoms with Gasteiger partial charge in [0.25, 0.3) is 0 Å². The van der Waals surface area contributed by atoms with Crippen molar-refractivity contribution in [1.82, 2.24) is 0 Å². The number of carbonyl (C=O) groups is 1. The van der Waals surface area contributed by atoms with E-state index in [1.54, 1.807) is 0 Å². The third-order valence-corrected chi connectivity index (χ3v) is 2.59. The van der Waals surface area contributed by atoms with Gasteiger partial charge in [0.1, 0.15) is 36.6 Å². The van der Waals surface area contributed by atoms with Crippen molar-refractivity contribution in [2.24, 2.45) is 0 Å². The van der Waals surface area contributed by atoms with Crippen LogP contribution in [0.3, 0.4) is 0 Å². The maximum Gasteiger partial charge on any atom is 0.222 e. The number of aliphatic hydroxyl groups excluding tert-OH is 7. The first-order valence-electron chi connectivity index (χ1n) is 5.20. The summed E-state index contributed by atoms with van der Waals surface area (Å²) in [6, 6.07) is 0. The topological polar surface area (TPSA) is 199 Å². The van der Waals surface area contributed by atoms with Gasteiger partial charge in [-0.15, -0.1) is 0 Å². The number of carbonyl (C=O) groups excluding carboxylic acids is 1. The number of hydrogen-bond acceptors (Lipinski definition) is 10. The summed E-state index contributed by atoms with van der Waals surface area (Å²) in [4.78, 5) is 10.2. The summed E-state index contributed by atoms with van der Waals surface area (Å²) in [6.07, 6.45) is -14.2. The Bertz CT molecular complexity index is 282. The Morgan fingerprint density at radius 3 is 1.74 bits per heavy atom. The van der Waals surface area contributed by atoms with E-state index in [1.165, 1.54) is 0 Å². The Balaban J connectivity index is 4.96. The van der Waals surface area contributed by atoms with E-state index in [9.17, 15) is 35.4 Å². The number of hydrogen-bond donors (Lipinski definition) is 9. The van der Waals surface area contributed by atoms with Crippen LogP contribution in [-0.2, 0) is 4.79 Å². The molecular weight excluding hydrogens is 268 g/mol. The molecule has 0 aromatic heterocycles. The molecule has 0 heterocycles. The normalized spacial score (nSPS) is 22.2. The van der Waals surface area contributed by atoms with E-state index in [1.807, 2.05) is 0 Å². The van der Waals surface area contributed by atoms with Crippen LogP contribution in [0.25, 0.3) is 0 Å². The molecule has 10 nitrogen and oxygen atoms in total. The Hall–Kier alpha value is -0.690. The molecule has 0 amide bonds. The van der Waals surface area contributed by atoms with E-state index in [-0.39, 0.29) is 6.29 Å². The van der Waals surface area contributed by atoms with Crippen LogP contribution in [0.1, 0.15) is 0 Å². The highest BCUT2D eigenvalue weighted by atomic mass is 16.6. The molecule has 0 saturated carbocycles. The third-order valence-electron chi connectivity index (χ3n) is 2.59. The second-order valence-electron chi connectivity index (χ2n) is 4.03. The molecule has 0 spiro atoms. The number of aliphatic hydroxyl groups is 9. The summed E-state index contributed by atoms with van der Waals surface area (Å²) in [7, 11) is 0. The van der Waals surface area contributed by atoms with Gasteiger partial charge in [0, 0.05) is 0 Å². The van der Waals surface area contributed by atoms with Crippen molar-refractivity contribution in [2.45, 2.75) is 42.4 Å². The minimum absolute atomic E-state index is 0.246. The van der Waals surface area contributed by atoms with Crippen molar-refractivity contribution >= 4 is 6.29 Å². The van der Waals surface area contributed by atoms with Gasteiger partial charge in [0.2, 0.25) is 5.79 Å². The molecule has 0 aliphatic rings. The lowest BCUT2D eigenvalue weighted by atomic mass is 9.91. The van der Waals surface area contributed by atoms with Crippen molar-refractivity contribution in [3.63, 3.8) is 0 Å². The maximum atomic E-state index is 10.2. The molecule has 9 N–H and O–H groups in total. The SMILES string of the molecule is O=CC(O)C(O)C(O)(O)C(O)C(O)C(O)C(O)CO. The Morgan fingerprint density at radius 2 is 1.37 bits per heavy atom. The summed E-state index contributed by atoms with van der Waals surface area (Å²) in [5.74, 6) is -3.55. The number of aldehydes is 1. The fraction of sp³-hybridized carbons (Fsp3) is 0.889. The first-order valence-corrected chi connectivity index (χ1v) is 5.20. The lowest BCUT2D eigenvalue weighted by molar-refractivity contribution is -0.309. The maximum absolute atomic E-state index is 10.2. The van der Waals surface area contributed by atoms with E-state index < -0.39 is 49.0 Å². The highest BCUT2D eigenvalue weighted by Gasteiger charge is 2.49. The minimum atomic E-state index is -3.55. The molecule has 0 aliphatic carbocycles. The van der Waals surface area contributed by atoms with E-state index in [0.717, 1.165) is 0 Å². The molecule has 6 atom stereocenters. The molecule has 0 rings (SSSR count). The quantitative estimate of drug-likeness (QED) is 0.153. The Morgan fingerprint density at radius 1 is 0.895 bits per heavy atom. The molecule has 0 radical (unpaired) electrons. The average Bonchev–Trinajstić information content (AvgIpc) is 2.41. The van der Waals surface area contributed by atoms with Gasteiger partial charge in [-0.2, -0.15) is 0 Å². The summed E-state index contributed by atoms with van der Waals surface area (Å²) in [5, 5.41) is 82.3. The first kappa shape index (κ1) is 18.3. The van der Waals surface area contributed by atoms with Crippen molar-refractivity contribution in [1.29, 1.82) is 0 Å². The number of rotatable bonds is 8. The first-order chi connectivity index (χ1) is 8.61. The van der Waals surface area contributed by atoms with Crippen LogP contribution in [0.4, 0.5) is 0 Å². The van der Waals surface area contributed by atoms with Crippen LogP contribution in [-0.4, -0.2) is 101 Å². The molecule has 0 aliphatic heterocycles. The van der Waals surface area contributed by atoms with Gasteiger partial charge in [-0.25, -0.2) is 0 Å². The molecular formula is C9H18O10. The van der Waals surface area contributed by atoms with Crippen LogP contribution in [0, 0.1) is 0 Å². The van der Waals surface area contributed by atoms with Gasteiger partial charge in [0.05, 0.1) is 6.61 Å². The molecule has 0 aromatic rings. The lowest BCUT2D eigenvalue weighted by Crippen LogP contribution is -2.63. The fourth-order valence-corrected chi connectivity index (χ4v) is 1.27. The van der Waals surface area contributed by atoms with Crippen LogP contribution in [0.15, 0.2) is 0 Å². The van der Waals surface area contributed by atoms with E-state index in [0.29, 0.717) is 0 Å². The van der Waals surface area contributed by atoms with Crippen molar-refractivity contribution in [3.05, 3.63) is 0 Å². The summed E-state index contributed by atoms with van der Waals surface area (Å²) in [6.45, 7) is -0.992. The predicted molar refractivity (Wildman–Crippen MR) is 56.4 cm³/mol. The monoisotopic (exact) mass is 286 g/mol. The average molecular weight is 286 g/mol. The molecule has 0 aromatic carbocycles. The van der Waals surface area contributed by atoms with Crippen molar-refractivity contribution in [2.75, 3.05) is 6.61 Å². The predicted octanol–water partition coefficient (Wildman–Crippen LogP) is -5.98. The molecule has 10 heteroatoms. The summed E-state index contributed by atoms with van der Waals surface area (Å²) < 4.78 is 0. The smallest absolute Gasteiger partial charge is 0.222 e. The third kappa shape index (κ3) is 4.14. The fourth-order valence-electron chi connectivity index (χ4n) is 1.27. The van der Waals surface area contributed by atoms with Crippen molar-refractivity contribution < 1.29 is 50.8 Å². The van der Waals surface area contributed by atoms with Gasteiger partial charge in [-0.05, 0) is 0 Å². The van der Waals surface area contributed by atoms with Gasteiger partial charge >= 0.3 is 0 Å². The lowest BCUT2D eigenvalue weighted by Gasteiger charge is -2.37. The van der Waals surface area contributed by atoms with Gasteiger partial charge in [-0.3, -0.25) is 0 Å². The van der Waals surface area contributed by atoms with Crippen LogP contribution in [0.5, 0.6) is 0 Å². The molecule has 0 saturated heterocycles. The van der Waals surface area contributed by atoms with Crippen LogP contribution >= 0.6 is 0 Å². The van der Waals surface area contributed by atoms with Crippen molar-refractivity contribution in [3.8, 4) is 0 Å². The van der Waals surface area contributed by atoms with Gasteiger partial charge in [0.15, 0.2) is 6.29 Å². The minimum Gasteiger partial charge on any atom is -0.394 e. The molecule has 6 unspecified atom stereocenters. The highest BCUT2D eigenvalue weighted by Crippen LogP contribution is 2.20. The second kappa shape index (κ2) is 7.19. The molecule has 0 fully saturated rings. The Labute approximate surface area is 107 Å². The summed E-state index contributed by atoms with van der Waals surface area (Å²) in [5.41, 5.74) is 0.